The molecule has 33 heavy (non-hydrogen) atoms. The summed E-state index contributed by atoms with van der Waals surface area (Å²) in [5, 5.41) is 17.0. The van der Waals surface area contributed by atoms with Gasteiger partial charge in [0.2, 0.25) is 11.8 Å². The average molecular weight is 465 g/mol. The first-order valence-corrected chi connectivity index (χ1v) is 10.9. The van der Waals surface area contributed by atoms with E-state index >= 15 is 0 Å². The first-order valence-electron chi connectivity index (χ1n) is 10.1. The van der Waals surface area contributed by atoms with Crippen molar-refractivity contribution in [3.05, 3.63) is 92.3 Å². The number of nitrogens with one attached hydrogen (secondary N) is 1. The number of hydrogen-bond acceptors (Lipinski definition) is 5. The molecule has 4 aromatic rings. The van der Waals surface area contributed by atoms with Gasteiger partial charge in [-0.2, -0.15) is 5.10 Å². The first kappa shape index (κ1) is 22.2. The van der Waals surface area contributed by atoms with Crippen molar-refractivity contribution in [1.29, 1.82) is 0 Å². The van der Waals surface area contributed by atoms with Crippen molar-refractivity contribution in [2.45, 2.75) is 6.42 Å². The molecule has 0 aliphatic carbocycles. The Labute approximate surface area is 193 Å². The fourth-order valence-electron chi connectivity index (χ4n) is 3.39. The van der Waals surface area contributed by atoms with Crippen LogP contribution >= 0.6 is 11.3 Å². The van der Waals surface area contributed by atoms with Crippen molar-refractivity contribution in [3.8, 4) is 17.1 Å². The molecule has 9 heteroatoms. The highest BCUT2D eigenvalue weighted by Gasteiger charge is 2.12. The normalized spacial score (nSPS) is 11.2. The van der Waals surface area contributed by atoms with Gasteiger partial charge in [-0.3, -0.25) is 18.8 Å². The highest BCUT2D eigenvalue weighted by Crippen LogP contribution is 2.25. The quantitative estimate of drug-likeness (QED) is 0.423. The van der Waals surface area contributed by atoms with Crippen LogP contribution in [0.15, 0.2) is 65.6 Å². The van der Waals surface area contributed by atoms with Gasteiger partial charge in [0.1, 0.15) is 5.82 Å². The molecular formula is C24H21FN4O3S. The molecule has 0 saturated carbocycles. The van der Waals surface area contributed by atoms with Crippen LogP contribution < -0.4 is 10.2 Å². The molecule has 0 saturated heterocycles. The lowest BCUT2D eigenvalue weighted by atomic mass is 10.1. The molecule has 1 amide bonds. The second-order valence-electron chi connectivity index (χ2n) is 7.45. The number of carbonyl (C=O) groups is 1. The van der Waals surface area contributed by atoms with Crippen LogP contribution in [0, 0.1) is 5.82 Å². The smallest absolute Gasteiger partial charge is 0.309 e. The van der Waals surface area contributed by atoms with E-state index in [4.69, 9.17) is 0 Å². The number of carbonyl (C=O) groups excluding carboxylic acids is 1. The molecule has 0 aliphatic rings. The molecule has 0 bridgehead atoms. The summed E-state index contributed by atoms with van der Waals surface area (Å²) in [6, 6.07) is 13.3. The van der Waals surface area contributed by atoms with E-state index in [1.54, 1.807) is 48.3 Å². The second-order valence-corrected chi connectivity index (χ2v) is 8.50. The Morgan fingerprint density at radius 1 is 1.15 bits per heavy atom. The van der Waals surface area contributed by atoms with E-state index in [0.717, 1.165) is 33.7 Å². The van der Waals surface area contributed by atoms with Gasteiger partial charge in [0.05, 0.1) is 16.8 Å². The summed E-state index contributed by atoms with van der Waals surface area (Å²) in [5.41, 5.74) is 3.82. The predicted molar refractivity (Wildman–Crippen MR) is 127 cm³/mol. The maximum absolute atomic E-state index is 13.2. The zero-order valence-electron chi connectivity index (χ0n) is 17.9. The summed E-state index contributed by atoms with van der Waals surface area (Å²) in [6.07, 6.45) is 5.14. The molecular weight excluding hydrogens is 443 g/mol. The standard InChI is InChI=1S/C24H21FN4O3S/c1-28-23(31)20(33-24(28)32)13-15-3-10-19(11-4-15)27-21(30)12-7-17-14-26-29(2)22(17)16-5-8-18(25)9-6-16/h3-12,14,31H,13H2,1-2H3,(H,27,30). The van der Waals surface area contributed by atoms with Gasteiger partial charge < -0.3 is 10.4 Å². The van der Waals surface area contributed by atoms with E-state index < -0.39 is 0 Å². The summed E-state index contributed by atoms with van der Waals surface area (Å²) in [7, 11) is 3.31. The lowest BCUT2D eigenvalue weighted by molar-refractivity contribution is -0.111. The van der Waals surface area contributed by atoms with E-state index in [9.17, 15) is 19.1 Å². The number of amides is 1. The van der Waals surface area contributed by atoms with E-state index in [0.29, 0.717) is 17.0 Å². The van der Waals surface area contributed by atoms with Crippen LogP contribution in [0.3, 0.4) is 0 Å². The van der Waals surface area contributed by atoms with Crippen molar-refractivity contribution in [2.75, 3.05) is 5.32 Å². The monoisotopic (exact) mass is 464 g/mol. The van der Waals surface area contributed by atoms with Crippen molar-refractivity contribution in [3.63, 3.8) is 0 Å². The van der Waals surface area contributed by atoms with Crippen LogP contribution in [0.5, 0.6) is 5.88 Å². The Balaban J connectivity index is 1.43. The van der Waals surface area contributed by atoms with Crippen molar-refractivity contribution >= 4 is 29.0 Å². The fraction of sp³-hybridized carbons (Fsp3) is 0.125. The van der Waals surface area contributed by atoms with Gasteiger partial charge in [0.15, 0.2) is 0 Å². The first-order chi connectivity index (χ1) is 15.8. The number of nitrogens with zero attached hydrogens (tertiary/aromatic N) is 3. The number of anilines is 1. The molecule has 0 fully saturated rings. The number of halogens is 1. The summed E-state index contributed by atoms with van der Waals surface area (Å²) in [5.74, 6) is -0.654. The molecule has 2 aromatic carbocycles. The summed E-state index contributed by atoms with van der Waals surface area (Å²) < 4.78 is 16.1. The second kappa shape index (κ2) is 9.25. The Morgan fingerprint density at radius 3 is 2.48 bits per heavy atom. The largest absolute Gasteiger partial charge is 0.494 e. The third-order valence-electron chi connectivity index (χ3n) is 5.14. The van der Waals surface area contributed by atoms with Gasteiger partial charge in [-0.25, -0.2) is 4.39 Å². The minimum Gasteiger partial charge on any atom is -0.494 e. The Kier molecular flexibility index (Phi) is 6.23. The van der Waals surface area contributed by atoms with Crippen molar-refractivity contribution < 1.29 is 14.3 Å². The third-order valence-corrected chi connectivity index (χ3v) is 6.16. The molecule has 2 N–H and O–H groups in total. The lowest BCUT2D eigenvalue weighted by Gasteiger charge is -2.05. The SMILES string of the molecule is Cn1ncc(C=CC(=O)Nc2ccc(Cc3sc(=O)n(C)c3O)cc2)c1-c1ccc(F)cc1. The summed E-state index contributed by atoms with van der Waals surface area (Å²) in [4.78, 5) is 24.4. The topological polar surface area (TPSA) is 89.2 Å². The molecule has 168 valence electrons. The zero-order chi connectivity index (χ0) is 23.5. The van der Waals surface area contributed by atoms with Crippen LogP contribution in [0.1, 0.15) is 16.0 Å². The molecule has 0 radical (unpaired) electrons. The predicted octanol–water partition coefficient (Wildman–Crippen LogP) is 3.93. The number of benzene rings is 2. The van der Waals surface area contributed by atoms with Crippen LogP contribution in [-0.2, 0) is 25.3 Å². The number of rotatable bonds is 6. The Bertz CT molecular complexity index is 1380. The molecule has 0 aliphatic heterocycles. The van der Waals surface area contributed by atoms with Crippen molar-refractivity contribution in [2.24, 2.45) is 14.1 Å². The molecule has 0 atom stereocenters. The van der Waals surface area contributed by atoms with Crippen molar-refractivity contribution in [1.82, 2.24) is 14.3 Å². The van der Waals surface area contributed by atoms with E-state index in [-0.39, 0.29) is 22.5 Å². The number of aryl methyl sites for hydroxylation is 1. The third kappa shape index (κ3) is 4.93. The Morgan fingerprint density at radius 2 is 1.85 bits per heavy atom. The van der Waals surface area contributed by atoms with Gasteiger partial charge in [-0.1, -0.05) is 23.5 Å². The van der Waals surface area contributed by atoms with Gasteiger partial charge >= 0.3 is 4.87 Å². The molecule has 0 unspecified atom stereocenters. The maximum atomic E-state index is 13.2. The lowest BCUT2D eigenvalue weighted by Crippen LogP contribution is -2.07. The van der Waals surface area contributed by atoms with Crippen LogP contribution in [0.2, 0.25) is 0 Å². The number of thiazole rings is 1. The number of aromatic hydroxyl groups is 1. The average Bonchev–Trinajstić information content (AvgIpc) is 3.28. The number of hydrogen-bond donors (Lipinski definition) is 2. The van der Waals surface area contributed by atoms with Gasteiger partial charge in [0.25, 0.3) is 0 Å². The number of aromatic nitrogens is 3. The molecule has 7 nitrogen and oxygen atoms in total. The molecule has 0 spiro atoms. The van der Waals surface area contributed by atoms with Crippen LogP contribution in [-0.4, -0.2) is 25.4 Å². The highest BCUT2D eigenvalue weighted by molar-refractivity contribution is 7.09. The summed E-state index contributed by atoms with van der Waals surface area (Å²) >= 11 is 1.01. The van der Waals surface area contributed by atoms with E-state index in [1.165, 1.54) is 29.8 Å². The van der Waals surface area contributed by atoms with Gasteiger partial charge in [0, 0.05) is 43.4 Å². The maximum Gasteiger partial charge on any atom is 0.309 e. The molecule has 2 heterocycles. The highest BCUT2D eigenvalue weighted by atomic mass is 32.1. The molecule has 4 rings (SSSR count). The Hall–Kier alpha value is -3.98. The van der Waals surface area contributed by atoms with Crippen LogP contribution in [0.25, 0.3) is 17.3 Å². The van der Waals surface area contributed by atoms with Gasteiger partial charge in [-0.15, -0.1) is 0 Å². The minimum atomic E-state index is -0.320. The van der Waals surface area contributed by atoms with E-state index in [1.807, 2.05) is 12.1 Å². The van der Waals surface area contributed by atoms with E-state index in [2.05, 4.69) is 10.4 Å². The molecule has 2 aromatic heterocycles. The fourth-order valence-corrected chi connectivity index (χ4v) is 4.29. The minimum absolute atomic E-state index is 0.0251. The van der Waals surface area contributed by atoms with Crippen LogP contribution in [0.4, 0.5) is 10.1 Å². The van der Waals surface area contributed by atoms with Gasteiger partial charge in [-0.05, 0) is 48.0 Å². The summed E-state index contributed by atoms with van der Waals surface area (Å²) in [6.45, 7) is 0. The zero-order valence-corrected chi connectivity index (χ0v) is 18.8.